The molecule has 0 saturated heterocycles. The fraction of sp³-hybridized carbons (Fsp3) is 0.375. The van der Waals surface area contributed by atoms with E-state index >= 15 is 0 Å². The van der Waals surface area contributed by atoms with Gasteiger partial charge in [0.2, 0.25) is 0 Å². The summed E-state index contributed by atoms with van der Waals surface area (Å²) in [5.41, 5.74) is 0. The van der Waals surface area contributed by atoms with Crippen LogP contribution in [0.4, 0.5) is 4.39 Å². The lowest BCUT2D eigenvalue weighted by Crippen LogP contribution is -2.37. The Kier molecular flexibility index (Phi) is 5.32. The van der Waals surface area contributed by atoms with Crippen LogP contribution in [0, 0.1) is 0 Å². The molecule has 4 heteroatoms. The van der Waals surface area contributed by atoms with Gasteiger partial charge in [0, 0.05) is 18.0 Å². The predicted molar refractivity (Wildman–Crippen MR) is 78.9 cm³/mol. The van der Waals surface area contributed by atoms with Crippen LogP contribution in [0.25, 0.3) is 10.8 Å². The van der Waals surface area contributed by atoms with Crippen LogP contribution in [0.15, 0.2) is 42.5 Å². The minimum atomic E-state index is -0.664. The van der Waals surface area contributed by atoms with E-state index < -0.39 is 12.8 Å². The number of rotatable bonds is 7. The van der Waals surface area contributed by atoms with Gasteiger partial charge in [-0.2, -0.15) is 0 Å². The highest BCUT2D eigenvalue weighted by atomic mass is 19.1. The zero-order valence-corrected chi connectivity index (χ0v) is 11.6. The number of hydrogen-bond donors (Lipinski definition) is 2. The summed E-state index contributed by atoms with van der Waals surface area (Å²) in [6, 6.07) is 13.5. The Balaban J connectivity index is 1.92. The molecule has 2 aromatic rings. The first kappa shape index (κ1) is 14.8. The average molecular weight is 277 g/mol. The lowest BCUT2D eigenvalue weighted by molar-refractivity contribution is 0.104. The van der Waals surface area contributed by atoms with Crippen molar-refractivity contribution in [2.75, 3.05) is 19.8 Å². The molecule has 2 N–H and O–H groups in total. The maximum absolute atomic E-state index is 12.3. The van der Waals surface area contributed by atoms with Crippen molar-refractivity contribution >= 4 is 10.8 Å². The van der Waals surface area contributed by atoms with Crippen molar-refractivity contribution in [3.63, 3.8) is 0 Å². The van der Waals surface area contributed by atoms with E-state index in [0.717, 1.165) is 16.5 Å². The second kappa shape index (κ2) is 7.22. The molecule has 0 aliphatic carbocycles. The van der Waals surface area contributed by atoms with Gasteiger partial charge in [-0.3, -0.25) is 0 Å². The molecule has 3 nitrogen and oxygen atoms in total. The van der Waals surface area contributed by atoms with E-state index in [0.29, 0.717) is 6.54 Å². The molecule has 0 aliphatic heterocycles. The number of alkyl halides is 1. The first-order valence-electron chi connectivity index (χ1n) is 6.78. The highest BCUT2D eigenvalue weighted by Crippen LogP contribution is 2.25. The van der Waals surface area contributed by atoms with Crippen LogP contribution >= 0.6 is 0 Å². The summed E-state index contributed by atoms with van der Waals surface area (Å²) in [7, 11) is 0. The van der Waals surface area contributed by atoms with Crippen molar-refractivity contribution in [1.29, 1.82) is 0 Å². The highest BCUT2D eigenvalue weighted by molar-refractivity contribution is 5.88. The normalized spacial score (nSPS) is 14.2. The Morgan fingerprint density at radius 2 is 1.95 bits per heavy atom. The third-order valence-electron chi connectivity index (χ3n) is 3.11. The van der Waals surface area contributed by atoms with E-state index in [9.17, 15) is 9.50 Å². The van der Waals surface area contributed by atoms with E-state index in [4.69, 9.17) is 4.74 Å². The van der Waals surface area contributed by atoms with Gasteiger partial charge in [0.15, 0.2) is 0 Å². The molecule has 0 aromatic heterocycles. The minimum absolute atomic E-state index is 0.181. The first-order chi connectivity index (χ1) is 9.70. The molecule has 0 fully saturated rings. The van der Waals surface area contributed by atoms with Crippen LogP contribution in [0.2, 0.25) is 0 Å². The van der Waals surface area contributed by atoms with Crippen molar-refractivity contribution in [1.82, 2.24) is 5.32 Å². The van der Waals surface area contributed by atoms with Gasteiger partial charge in [-0.05, 0) is 18.4 Å². The summed E-state index contributed by atoms with van der Waals surface area (Å²) in [4.78, 5) is 0. The quantitative estimate of drug-likeness (QED) is 0.817. The standard InChI is InChI=1S/C16H20FNO2/c1-12(9-17)18-10-14(19)11-20-16-8-4-6-13-5-2-3-7-15(13)16/h2-8,12,14,18-19H,9-11H2,1H3/t12?,14-/m0/s1. The van der Waals surface area contributed by atoms with E-state index in [1.165, 1.54) is 0 Å². The van der Waals surface area contributed by atoms with Crippen LogP contribution in [0.3, 0.4) is 0 Å². The van der Waals surface area contributed by atoms with Crippen molar-refractivity contribution in [2.24, 2.45) is 0 Å². The lowest BCUT2D eigenvalue weighted by atomic mass is 10.1. The molecule has 0 aliphatic rings. The summed E-state index contributed by atoms with van der Waals surface area (Å²) < 4.78 is 18.0. The van der Waals surface area contributed by atoms with Crippen molar-refractivity contribution in [2.45, 2.75) is 19.1 Å². The summed E-state index contributed by atoms with van der Waals surface area (Å²) in [5, 5.41) is 14.8. The fourth-order valence-electron chi connectivity index (χ4n) is 1.96. The largest absolute Gasteiger partial charge is 0.490 e. The molecular formula is C16H20FNO2. The Hall–Kier alpha value is -1.65. The van der Waals surface area contributed by atoms with Crippen LogP contribution in [0.5, 0.6) is 5.75 Å². The molecule has 2 aromatic carbocycles. The number of benzene rings is 2. The monoisotopic (exact) mass is 277 g/mol. The van der Waals surface area contributed by atoms with Crippen LogP contribution in [-0.2, 0) is 0 Å². The van der Waals surface area contributed by atoms with E-state index in [1.807, 2.05) is 42.5 Å². The van der Waals surface area contributed by atoms with E-state index in [-0.39, 0.29) is 12.6 Å². The van der Waals surface area contributed by atoms with E-state index in [2.05, 4.69) is 5.32 Å². The molecule has 0 radical (unpaired) electrons. The number of nitrogens with one attached hydrogen (secondary N) is 1. The van der Waals surface area contributed by atoms with Crippen LogP contribution in [-0.4, -0.2) is 37.1 Å². The summed E-state index contributed by atoms with van der Waals surface area (Å²) in [6.07, 6.45) is -0.664. The molecule has 0 bridgehead atoms. The summed E-state index contributed by atoms with van der Waals surface area (Å²) >= 11 is 0. The zero-order chi connectivity index (χ0) is 14.4. The Labute approximate surface area is 118 Å². The molecule has 0 saturated carbocycles. The Morgan fingerprint density at radius 3 is 2.75 bits per heavy atom. The fourth-order valence-corrected chi connectivity index (χ4v) is 1.96. The molecule has 20 heavy (non-hydrogen) atoms. The third kappa shape index (κ3) is 3.92. The van der Waals surface area contributed by atoms with Gasteiger partial charge in [0.05, 0.1) is 0 Å². The first-order valence-corrected chi connectivity index (χ1v) is 6.78. The lowest BCUT2D eigenvalue weighted by Gasteiger charge is -2.16. The van der Waals surface area contributed by atoms with Gasteiger partial charge in [0.1, 0.15) is 25.1 Å². The second-order valence-corrected chi connectivity index (χ2v) is 4.91. The molecule has 2 atom stereocenters. The molecule has 0 spiro atoms. The van der Waals surface area contributed by atoms with Gasteiger partial charge in [-0.1, -0.05) is 36.4 Å². The van der Waals surface area contributed by atoms with Crippen molar-refractivity contribution < 1.29 is 14.2 Å². The molecule has 108 valence electrons. The second-order valence-electron chi connectivity index (χ2n) is 4.91. The molecular weight excluding hydrogens is 257 g/mol. The Morgan fingerprint density at radius 1 is 1.20 bits per heavy atom. The number of hydrogen-bond acceptors (Lipinski definition) is 3. The number of halogens is 1. The topological polar surface area (TPSA) is 41.5 Å². The molecule has 0 heterocycles. The average Bonchev–Trinajstić information content (AvgIpc) is 2.50. The van der Waals surface area contributed by atoms with Crippen LogP contribution in [0.1, 0.15) is 6.92 Å². The number of aliphatic hydroxyl groups is 1. The highest BCUT2D eigenvalue weighted by Gasteiger charge is 2.09. The minimum Gasteiger partial charge on any atom is -0.490 e. The van der Waals surface area contributed by atoms with Gasteiger partial charge in [-0.25, -0.2) is 4.39 Å². The van der Waals surface area contributed by atoms with Gasteiger partial charge < -0.3 is 15.2 Å². The van der Waals surface area contributed by atoms with Crippen molar-refractivity contribution in [3.8, 4) is 5.75 Å². The third-order valence-corrected chi connectivity index (χ3v) is 3.11. The van der Waals surface area contributed by atoms with E-state index in [1.54, 1.807) is 6.92 Å². The van der Waals surface area contributed by atoms with Gasteiger partial charge in [-0.15, -0.1) is 0 Å². The summed E-state index contributed by atoms with van der Waals surface area (Å²) in [5.74, 6) is 0.751. The maximum Gasteiger partial charge on any atom is 0.127 e. The zero-order valence-electron chi connectivity index (χ0n) is 11.6. The summed E-state index contributed by atoms with van der Waals surface area (Å²) in [6.45, 7) is 1.78. The number of aliphatic hydroxyl groups excluding tert-OH is 1. The smallest absolute Gasteiger partial charge is 0.127 e. The molecule has 2 rings (SSSR count). The van der Waals surface area contributed by atoms with Crippen LogP contribution < -0.4 is 10.1 Å². The SMILES string of the molecule is CC(CF)NC[C@H](O)COc1cccc2ccccc12. The predicted octanol–water partition coefficient (Wildman–Crippen LogP) is 2.53. The van der Waals surface area contributed by atoms with Gasteiger partial charge in [0.25, 0.3) is 0 Å². The maximum atomic E-state index is 12.3. The van der Waals surface area contributed by atoms with Gasteiger partial charge >= 0.3 is 0 Å². The number of fused-ring (bicyclic) bond motifs is 1. The van der Waals surface area contributed by atoms with Crippen molar-refractivity contribution in [3.05, 3.63) is 42.5 Å². The Bertz CT molecular complexity index is 541. The molecule has 0 amide bonds. The molecule has 1 unspecified atom stereocenters. The number of ether oxygens (including phenoxy) is 1.